The average Bonchev–Trinajstić information content (AvgIpc) is 3.15. The molecule has 0 N–H and O–H groups in total. The number of benzene rings is 3. The van der Waals surface area contributed by atoms with Gasteiger partial charge in [0.25, 0.3) is 5.91 Å². The van der Waals surface area contributed by atoms with Crippen LogP contribution in [-0.4, -0.2) is 27.1 Å². The number of hydrogen-bond donors (Lipinski definition) is 0. The van der Waals surface area contributed by atoms with E-state index in [4.69, 9.17) is 21.4 Å². The predicted molar refractivity (Wildman–Crippen MR) is 131 cm³/mol. The zero-order valence-electron chi connectivity index (χ0n) is 19.0. The van der Waals surface area contributed by atoms with E-state index in [1.165, 1.54) is 12.1 Å². The Balaban J connectivity index is 1.75. The molecule has 1 heterocycles. The number of carbonyl (C=O) groups is 1. The molecule has 0 spiro atoms. The lowest BCUT2D eigenvalue weighted by Gasteiger charge is -2.23. The van der Waals surface area contributed by atoms with E-state index in [0.29, 0.717) is 28.8 Å². The second kappa shape index (κ2) is 10.5. The third-order valence-corrected chi connectivity index (χ3v) is 5.62. The highest BCUT2D eigenvalue weighted by atomic mass is 35.5. The van der Waals surface area contributed by atoms with Gasteiger partial charge in [-0.25, -0.2) is 9.07 Å². The second-order valence-corrected chi connectivity index (χ2v) is 8.35. The summed E-state index contributed by atoms with van der Waals surface area (Å²) in [6.07, 6.45) is 0.750. The molecule has 0 radical (unpaired) electrons. The smallest absolute Gasteiger partial charge is 0.254 e. The minimum Gasteiger partial charge on any atom is -0.439 e. The average molecular weight is 478 g/mol. The molecule has 4 aromatic rings. The Morgan fingerprint density at radius 2 is 1.79 bits per heavy atom. The number of halogens is 2. The van der Waals surface area contributed by atoms with Gasteiger partial charge in [-0.2, -0.15) is 5.10 Å². The van der Waals surface area contributed by atoms with Crippen LogP contribution < -0.4 is 4.74 Å². The summed E-state index contributed by atoms with van der Waals surface area (Å²) in [7, 11) is 0. The van der Waals surface area contributed by atoms with Crippen molar-refractivity contribution in [1.29, 1.82) is 0 Å². The summed E-state index contributed by atoms with van der Waals surface area (Å²) < 4.78 is 21.8. The van der Waals surface area contributed by atoms with Crippen LogP contribution in [0.1, 0.15) is 35.0 Å². The monoisotopic (exact) mass is 477 g/mol. The van der Waals surface area contributed by atoms with Crippen LogP contribution in [0.2, 0.25) is 5.02 Å². The highest BCUT2D eigenvalue weighted by molar-refractivity contribution is 6.30. The van der Waals surface area contributed by atoms with E-state index >= 15 is 0 Å². The van der Waals surface area contributed by atoms with Gasteiger partial charge in [-0.05, 0) is 67.9 Å². The van der Waals surface area contributed by atoms with Crippen LogP contribution in [0.5, 0.6) is 11.6 Å². The summed E-state index contributed by atoms with van der Waals surface area (Å²) in [6, 6.07) is 22.5. The molecule has 174 valence electrons. The molecule has 0 saturated heterocycles. The maximum atomic E-state index is 13.8. The lowest BCUT2D eigenvalue weighted by atomic mass is 10.1. The molecule has 0 aliphatic rings. The number of aryl methyl sites for hydroxylation is 1. The van der Waals surface area contributed by atoms with Crippen molar-refractivity contribution in [3.05, 3.63) is 107 Å². The van der Waals surface area contributed by atoms with Crippen molar-refractivity contribution in [3.63, 3.8) is 0 Å². The lowest BCUT2D eigenvalue weighted by Crippen LogP contribution is -2.31. The Hall–Kier alpha value is -3.64. The van der Waals surface area contributed by atoms with Crippen LogP contribution >= 0.6 is 11.6 Å². The number of para-hydroxylation sites is 1. The number of hydrogen-bond acceptors (Lipinski definition) is 3. The largest absolute Gasteiger partial charge is 0.439 e. The number of carbonyl (C=O) groups excluding carboxylic acids is 1. The fraction of sp³-hybridized carbons (Fsp3) is 0.185. The third kappa shape index (κ3) is 5.29. The number of rotatable bonds is 8. The molecule has 0 saturated carbocycles. The number of nitrogens with zero attached hydrogens (tertiary/aromatic N) is 3. The van der Waals surface area contributed by atoms with Gasteiger partial charge in [0, 0.05) is 17.1 Å². The van der Waals surface area contributed by atoms with Crippen molar-refractivity contribution in [2.75, 3.05) is 6.54 Å². The maximum absolute atomic E-state index is 13.8. The van der Waals surface area contributed by atoms with Crippen molar-refractivity contribution < 1.29 is 13.9 Å². The van der Waals surface area contributed by atoms with E-state index in [2.05, 4.69) is 0 Å². The quantitative estimate of drug-likeness (QED) is 0.280. The number of ether oxygens (including phenoxy) is 1. The first-order chi connectivity index (χ1) is 16.5. The molecule has 34 heavy (non-hydrogen) atoms. The van der Waals surface area contributed by atoms with Gasteiger partial charge in [0.05, 0.1) is 23.5 Å². The molecule has 0 bridgehead atoms. The first kappa shape index (κ1) is 23.5. The van der Waals surface area contributed by atoms with Crippen molar-refractivity contribution in [3.8, 4) is 17.3 Å². The summed E-state index contributed by atoms with van der Waals surface area (Å²) >= 11 is 6.04. The number of amides is 1. The van der Waals surface area contributed by atoms with E-state index < -0.39 is 5.82 Å². The molecule has 1 aromatic heterocycles. The first-order valence-corrected chi connectivity index (χ1v) is 11.5. The van der Waals surface area contributed by atoms with Crippen LogP contribution in [0.4, 0.5) is 4.39 Å². The summed E-state index contributed by atoms with van der Waals surface area (Å²) in [6.45, 7) is 4.66. The van der Waals surface area contributed by atoms with Crippen LogP contribution in [-0.2, 0) is 6.54 Å². The van der Waals surface area contributed by atoms with Gasteiger partial charge in [-0.1, -0.05) is 42.8 Å². The fourth-order valence-corrected chi connectivity index (χ4v) is 3.83. The fourth-order valence-electron chi connectivity index (χ4n) is 3.70. The van der Waals surface area contributed by atoms with Crippen molar-refractivity contribution in [1.82, 2.24) is 14.7 Å². The van der Waals surface area contributed by atoms with Gasteiger partial charge >= 0.3 is 0 Å². The van der Waals surface area contributed by atoms with Crippen LogP contribution in [0.3, 0.4) is 0 Å². The van der Waals surface area contributed by atoms with E-state index in [0.717, 1.165) is 23.4 Å². The van der Waals surface area contributed by atoms with Gasteiger partial charge in [-0.3, -0.25) is 4.79 Å². The number of aromatic nitrogens is 2. The standard InChI is InChI=1S/C27H25ClFN3O2/c1-3-16-31(26(33)20-8-7-9-22(29)17-20)18-25-19(2)30-32(23-10-5-4-6-11-23)27(25)34-24-14-12-21(28)13-15-24/h4-15,17H,3,16,18H2,1-2H3. The normalized spacial score (nSPS) is 10.8. The highest BCUT2D eigenvalue weighted by Crippen LogP contribution is 2.32. The van der Waals surface area contributed by atoms with E-state index in [9.17, 15) is 9.18 Å². The molecule has 3 aromatic carbocycles. The van der Waals surface area contributed by atoms with Gasteiger partial charge in [-0.15, -0.1) is 0 Å². The van der Waals surface area contributed by atoms with Gasteiger partial charge in [0.2, 0.25) is 5.88 Å². The molecule has 0 atom stereocenters. The molecule has 0 unspecified atom stereocenters. The van der Waals surface area contributed by atoms with Crippen LogP contribution in [0, 0.1) is 12.7 Å². The van der Waals surface area contributed by atoms with E-state index in [-0.39, 0.29) is 12.5 Å². The third-order valence-electron chi connectivity index (χ3n) is 5.37. The Bertz CT molecular complexity index is 1270. The Labute approximate surface area is 203 Å². The van der Waals surface area contributed by atoms with E-state index in [1.807, 2.05) is 44.2 Å². The summed E-state index contributed by atoms with van der Waals surface area (Å²) in [4.78, 5) is 15.0. The van der Waals surface area contributed by atoms with Gasteiger partial charge in [0.15, 0.2) is 0 Å². The molecule has 0 aliphatic heterocycles. The minimum absolute atomic E-state index is 0.245. The molecule has 0 fully saturated rings. The lowest BCUT2D eigenvalue weighted by molar-refractivity contribution is 0.0741. The molecular formula is C27H25ClFN3O2. The van der Waals surface area contributed by atoms with Crippen molar-refractivity contribution in [2.24, 2.45) is 0 Å². The second-order valence-electron chi connectivity index (χ2n) is 7.91. The maximum Gasteiger partial charge on any atom is 0.254 e. The minimum atomic E-state index is -0.442. The Morgan fingerprint density at radius 1 is 1.06 bits per heavy atom. The van der Waals surface area contributed by atoms with Crippen molar-refractivity contribution >= 4 is 17.5 Å². The zero-order chi connectivity index (χ0) is 24.1. The predicted octanol–water partition coefficient (Wildman–Crippen LogP) is 6.82. The first-order valence-electron chi connectivity index (χ1n) is 11.1. The summed E-state index contributed by atoms with van der Waals surface area (Å²) in [5, 5.41) is 5.33. The molecule has 7 heteroatoms. The van der Waals surface area contributed by atoms with Gasteiger partial charge < -0.3 is 9.64 Å². The molecule has 4 rings (SSSR count). The molecule has 0 aliphatic carbocycles. The highest BCUT2D eigenvalue weighted by Gasteiger charge is 2.24. The summed E-state index contributed by atoms with van der Waals surface area (Å²) in [5.41, 5.74) is 2.65. The summed E-state index contributed by atoms with van der Waals surface area (Å²) in [5.74, 6) is 0.424. The molecule has 5 nitrogen and oxygen atoms in total. The van der Waals surface area contributed by atoms with Crippen LogP contribution in [0.15, 0.2) is 78.9 Å². The molecular weight excluding hydrogens is 453 g/mol. The van der Waals surface area contributed by atoms with Crippen LogP contribution in [0.25, 0.3) is 5.69 Å². The SMILES string of the molecule is CCCN(Cc1c(C)nn(-c2ccccc2)c1Oc1ccc(Cl)cc1)C(=O)c1cccc(F)c1. The zero-order valence-corrected chi connectivity index (χ0v) is 19.8. The topological polar surface area (TPSA) is 47.4 Å². The Morgan fingerprint density at radius 3 is 2.47 bits per heavy atom. The van der Waals surface area contributed by atoms with Gasteiger partial charge in [0.1, 0.15) is 11.6 Å². The van der Waals surface area contributed by atoms with E-state index in [1.54, 1.807) is 46.0 Å². The van der Waals surface area contributed by atoms with Crippen molar-refractivity contribution in [2.45, 2.75) is 26.8 Å². The molecule has 1 amide bonds. The Kier molecular flexibility index (Phi) is 7.28.